The van der Waals surface area contributed by atoms with Crippen LogP contribution in [0.25, 0.3) is 0 Å². The Hall–Kier alpha value is 1.10. The van der Waals surface area contributed by atoms with Gasteiger partial charge in [0.2, 0.25) is 0 Å². The summed E-state index contributed by atoms with van der Waals surface area (Å²) in [5.74, 6) is 0.741. The number of aliphatic hydroxyl groups excluding tert-OH is 4. The van der Waals surface area contributed by atoms with Crippen molar-refractivity contribution in [2.75, 3.05) is 11.8 Å². The van der Waals surface area contributed by atoms with E-state index in [1.807, 2.05) is 0 Å². The molecule has 1 saturated heterocycles. The molecule has 1 aliphatic heterocycles. The fourth-order valence-corrected chi connectivity index (χ4v) is 37.7. The maximum atomic E-state index is 13.0. The van der Waals surface area contributed by atoms with Crippen LogP contribution < -0.4 is 0 Å². The van der Waals surface area contributed by atoms with Gasteiger partial charge >= 0.3 is 54.7 Å². The Morgan fingerprint density at radius 1 is 0.411 bits per heavy atom. The van der Waals surface area contributed by atoms with Crippen molar-refractivity contribution in [3.63, 3.8) is 0 Å². The second kappa shape index (κ2) is 78.3. The van der Waals surface area contributed by atoms with E-state index in [1.165, 1.54) is 296 Å². The molecule has 1 aliphatic rings. The molecule has 21 heteroatoms. The summed E-state index contributed by atoms with van der Waals surface area (Å²) < 4.78 is 50.6. The normalized spacial score (nSPS) is 21.8. The second-order valence-electron chi connectivity index (χ2n) is 32.9. The molecular formula is C86H180Cl2O13Si6. The van der Waals surface area contributed by atoms with E-state index in [0.717, 1.165) is 96.3 Å². The van der Waals surface area contributed by atoms with Crippen molar-refractivity contribution in [3.8, 4) is 0 Å². The average molecular weight is 1660 g/mol. The minimum atomic E-state index is -4.29. The molecule has 12 unspecified atom stereocenters. The van der Waals surface area contributed by atoms with Crippen molar-refractivity contribution in [2.45, 2.75) is 525 Å². The molecule has 0 radical (unpaired) electrons. The maximum Gasteiger partial charge on any atom is 0.489 e. The van der Waals surface area contributed by atoms with E-state index in [9.17, 15) is 30.0 Å². The number of halogens is 2. The highest BCUT2D eigenvalue weighted by atomic mass is 35.5. The molecule has 1 heterocycles. The second-order valence-corrected chi connectivity index (χ2v) is 48.8. The monoisotopic (exact) mass is 1660 g/mol. The highest BCUT2D eigenvalue weighted by molar-refractivity contribution is 6.78. The first-order valence-electron chi connectivity index (χ1n) is 46.8. The number of rotatable bonds is 79. The first-order valence-corrected chi connectivity index (χ1v) is 58.9. The Bertz CT molecular complexity index is 1860. The summed E-state index contributed by atoms with van der Waals surface area (Å²) >= 11 is 13.1. The predicted molar refractivity (Wildman–Crippen MR) is 473 cm³/mol. The van der Waals surface area contributed by atoms with Crippen molar-refractivity contribution < 1.29 is 59.4 Å². The van der Waals surface area contributed by atoms with Gasteiger partial charge in [-0.2, -0.15) is 0 Å². The summed E-state index contributed by atoms with van der Waals surface area (Å²) in [4.78, 5) is 25.0. The van der Waals surface area contributed by atoms with Crippen LogP contribution >= 0.6 is 23.2 Å². The minimum absolute atomic E-state index is 0.255. The maximum absolute atomic E-state index is 13.0. The highest BCUT2D eigenvalue weighted by Gasteiger charge is 2.54. The predicted octanol–water partition coefficient (Wildman–Crippen LogP) is 25.2. The molecule has 13 nitrogen and oxygen atoms in total. The Morgan fingerprint density at radius 2 is 0.757 bits per heavy atom. The quantitative estimate of drug-likeness (QED) is 0.0146. The van der Waals surface area contributed by atoms with E-state index in [0.29, 0.717) is 67.7 Å². The van der Waals surface area contributed by atoms with E-state index >= 15 is 0 Å². The van der Waals surface area contributed by atoms with Gasteiger partial charge in [-0.15, -0.1) is 23.2 Å². The number of allylic oxidation sites excluding steroid dienone is 2. The number of unbranched alkanes of at least 4 members (excludes halogenated alkanes) is 57. The van der Waals surface area contributed by atoms with Crippen LogP contribution in [-0.4, -0.2) is 133 Å². The highest BCUT2D eigenvalue weighted by Crippen LogP contribution is 2.34. The third kappa shape index (κ3) is 63.9. The zero-order valence-electron chi connectivity index (χ0n) is 71.1. The van der Waals surface area contributed by atoms with E-state index in [-0.39, 0.29) is 6.04 Å². The fourth-order valence-electron chi connectivity index (χ4n) is 15.3. The molecule has 1 rings (SSSR count). The summed E-state index contributed by atoms with van der Waals surface area (Å²) in [6.07, 6.45) is 72.3. The molecule has 0 amide bonds. The summed E-state index contributed by atoms with van der Waals surface area (Å²) in [6, 6.07) is 2.72. The molecule has 0 bridgehead atoms. The van der Waals surface area contributed by atoms with Crippen molar-refractivity contribution >= 4 is 77.9 Å². The molecular weight excluding hydrogens is 1480 g/mol. The van der Waals surface area contributed by atoms with Gasteiger partial charge in [0.05, 0.1) is 12.2 Å². The molecule has 0 aromatic carbocycles. The number of aliphatic hydroxyl groups is 4. The molecule has 12 atom stereocenters. The summed E-state index contributed by atoms with van der Waals surface area (Å²) in [5.41, 5.74) is 0. The van der Waals surface area contributed by atoms with E-state index in [1.54, 1.807) is 6.92 Å². The lowest BCUT2D eigenvalue weighted by atomic mass is 9.97. The molecule has 0 aromatic rings. The van der Waals surface area contributed by atoms with E-state index in [2.05, 4.69) is 39.8 Å². The van der Waals surface area contributed by atoms with Gasteiger partial charge in [-0.1, -0.05) is 406 Å². The lowest BCUT2D eigenvalue weighted by Crippen LogP contribution is -2.62. The molecule has 107 heavy (non-hydrogen) atoms. The van der Waals surface area contributed by atoms with Crippen molar-refractivity contribution in [1.29, 1.82) is 0 Å². The third-order valence-electron chi connectivity index (χ3n) is 22.3. The molecule has 0 aliphatic carbocycles. The molecule has 1 fully saturated rings. The zero-order chi connectivity index (χ0) is 78.0. The molecule has 0 saturated carbocycles. The Morgan fingerprint density at radius 3 is 1.14 bits per heavy atom. The smallest absolute Gasteiger partial charge is 0.420 e. The van der Waals surface area contributed by atoms with Crippen LogP contribution in [0.15, 0.2) is 12.2 Å². The van der Waals surface area contributed by atoms with Crippen LogP contribution in [0.1, 0.15) is 452 Å². The van der Waals surface area contributed by atoms with E-state index in [4.69, 9.17) is 52.6 Å². The van der Waals surface area contributed by atoms with Gasteiger partial charge in [0, 0.05) is 23.8 Å². The topological polar surface area (TPSA) is 186 Å². The van der Waals surface area contributed by atoms with Gasteiger partial charge in [0.1, 0.15) is 24.4 Å². The van der Waals surface area contributed by atoms with Crippen LogP contribution in [0.2, 0.25) is 36.3 Å². The molecule has 0 spiro atoms. The Balaban J connectivity index is 3.69. The van der Waals surface area contributed by atoms with Gasteiger partial charge in [-0.3, -0.25) is 0 Å². The summed E-state index contributed by atoms with van der Waals surface area (Å²) in [6.45, 7) is 12.1. The largest absolute Gasteiger partial charge is 0.489 e. The first-order chi connectivity index (χ1) is 52.2. The van der Waals surface area contributed by atoms with Crippen LogP contribution in [-0.2, 0) is 29.4 Å². The number of hydrogen-bond donors (Lipinski definition) is 6. The minimum Gasteiger partial charge on any atom is -0.420 e. The molecule has 640 valence electrons. The van der Waals surface area contributed by atoms with Crippen LogP contribution in [0, 0.1) is 0 Å². The van der Waals surface area contributed by atoms with Gasteiger partial charge in [0.15, 0.2) is 0 Å². The number of hydrogen-bond acceptors (Lipinski definition) is 13. The Kier molecular flexibility index (Phi) is 77.6. The van der Waals surface area contributed by atoms with Crippen LogP contribution in [0.4, 0.5) is 0 Å². The lowest BCUT2D eigenvalue weighted by Gasteiger charge is -2.42. The van der Waals surface area contributed by atoms with Crippen LogP contribution in [0.3, 0.4) is 0 Å². The van der Waals surface area contributed by atoms with Gasteiger partial charge in [-0.05, 0) is 83.0 Å². The first kappa shape index (κ1) is 106. The molecule has 0 aromatic heterocycles. The Labute approximate surface area is 682 Å². The average Bonchev–Trinajstić information content (AvgIpc) is 1.69. The summed E-state index contributed by atoms with van der Waals surface area (Å²) in [7, 11) is -20.1. The van der Waals surface area contributed by atoms with Gasteiger partial charge in [0.25, 0.3) is 0 Å². The SMILES string of the molecule is CCC=CCCCCCCCCCCCCCC[Si]1(O[SiH](CCCCl)O[SiH](O)CCCCCCCCCCCCCCCCCC)OC(C(O)C(C)O)C(O)C(O)C(C)O[Si](O)(CCCCCCCCCCCCCCCCCC)O[SiH](CCCCl)O[SiH](CCCCCCCCCCCCCCCCCC)O1. The van der Waals surface area contributed by atoms with E-state index < -0.39 is 91.4 Å². The van der Waals surface area contributed by atoms with Crippen molar-refractivity contribution in [2.24, 2.45) is 0 Å². The lowest BCUT2D eigenvalue weighted by molar-refractivity contribution is -0.152. The van der Waals surface area contributed by atoms with Crippen molar-refractivity contribution in [3.05, 3.63) is 12.2 Å². The summed E-state index contributed by atoms with van der Waals surface area (Å²) in [5, 5.41) is 48.8. The van der Waals surface area contributed by atoms with Gasteiger partial charge < -0.3 is 59.4 Å². The van der Waals surface area contributed by atoms with Crippen LogP contribution in [0.5, 0.6) is 0 Å². The van der Waals surface area contributed by atoms with Gasteiger partial charge in [-0.25, -0.2) is 0 Å². The standard InChI is InChI=1S/C86H180Cl2O13Si6/c1-7-11-15-19-23-27-31-35-39-43-47-51-55-59-63-67-75-102(93)97-103(77-71-73-87)100-107(80-70-66-62-58-54-50-46-42-38-34-30-26-22-18-14-10-4)96-86(83(90)81(5)89)85(92)84(91)82(6)95-106(94,79-69-65-61-57-53-49-45-41-37-33-29-25-21-17-13-9-3)99-104(78-72-74-88)98-105(101-107)76-68-64-60-56-52-48-44-40-36-32-28-24-20-16-12-8-2/h14,18,81-86,89-94,102-105H,7-13,15-17,19-80H2,1-6H3. The third-order valence-corrected chi connectivity index (χ3v) is 42.1. The fraction of sp³-hybridized carbons (Fsp3) is 0.977. The molecule has 6 N–H and O–H groups in total. The van der Waals surface area contributed by atoms with Crippen molar-refractivity contribution in [1.82, 2.24) is 0 Å². The zero-order valence-corrected chi connectivity index (χ0v) is 79.3. The number of alkyl halides is 2.